The van der Waals surface area contributed by atoms with Crippen LogP contribution >= 0.6 is 0 Å². The zero-order valence-electron chi connectivity index (χ0n) is 13.6. The first-order valence-electron chi connectivity index (χ1n) is 8.66. The second-order valence-electron chi connectivity index (χ2n) is 6.60. The highest BCUT2D eigenvalue weighted by Crippen LogP contribution is 2.39. The summed E-state index contributed by atoms with van der Waals surface area (Å²) >= 11 is 0. The molecule has 0 unspecified atom stereocenters. The fraction of sp³-hybridized carbons (Fsp3) is 0.526. The topological polar surface area (TPSA) is 54.0 Å². The van der Waals surface area contributed by atoms with Crippen LogP contribution in [0.3, 0.4) is 0 Å². The summed E-state index contributed by atoms with van der Waals surface area (Å²) < 4.78 is 23.6. The molecule has 3 atom stereocenters. The normalized spacial score (nSPS) is 31.1. The maximum Gasteiger partial charge on any atom is 0.338 e. The van der Waals surface area contributed by atoms with E-state index in [1.807, 2.05) is 18.2 Å². The molecule has 1 spiro atoms. The summed E-state index contributed by atoms with van der Waals surface area (Å²) in [6, 6.07) is 9.00. The number of hydrogen-bond acceptors (Lipinski definition) is 5. The van der Waals surface area contributed by atoms with Crippen molar-refractivity contribution in [2.75, 3.05) is 6.61 Å². The van der Waals surface area contributed by atoms with E-state index in [0.29, 0.717) is 12.2 Å². The maximum absolute atomic E-state index is 12.4. The second-order valence-corrected chi connectivity index (χ2v) is 6.60. The van der Waals surface area contributed by atoms with Crippen molar-refractivity contribution in [1.82, 2.24) is 0 Å². The number of benzene rings is 1. The smallest absolute Gasteiger partial charge is 0.338 e. The molecule has 0 bridgehead atoms. The molecule has 0 radical (unpaired) electrons. The number of hydrogen-bond donors (Lipinski definition) is 0. The van der Waals surface area contributed by atoms with Crippen LogP contribution in [0.1, 0.15) is 42.5 Å². The molecule has 2 fully saturated rings. The Hall–Kier alpha value is -1.85. The van der Waals surface area contributed by atoms with Gasteiger partial charge in [0.05, 0.1) is 18.4 Å². The van der Waals surface area contributed by atoms with Gasteiger partial charge in [0.2, 0.25) is 0 Å². The molecule has 4 rings (SSSR count). The Morgan fingerprint density at radius 3 is 2.71 bits per heavy atom. The van der Waals surface area contributed by atoms with Gasteiger partial charge in [0.1, 0.15) is 6.10 Å². The standard InChI is InChI=1S/C19H22O5/c20-18(14-7-3-1-4-8-14)23-15-9-12-21-16-13-22-19(24-17(15)16)10-5-2-6-11-19/h1,3-4,7-9,12,15-17H,2,5-6,10-11,13H2/t15-,16-,17+/m1/s1. The largest absolute Gasteiger partial charge is 0.493 e. The van der Waals surface area contributed by atoms with Gasteiger partial charge in [-0.15, -0.1) is 0 Å². The highest BCUT2D eigenvalue weighted by Gasteiger charge is 2.48. The lowest BCUT2D eigenvalue weighted by Gasteiger charge is -2.48. The van der Waals surface area contributed by atoms with Crippen molar-refractivity contribution in [2.24, 2.45) is 0 Å². The van der Waals surface area contributed by atoms with Gasteiger partial charge in [0.15, 0.2) is 18.0 Å². The van der Waals surface area contributed by atoms with E-state index < -0.39 is 11.9 Å². The van der Waals surface area contributed by atoms with Crippen LogP contribution in [0.2, 0.25) is 0 Å². The molecule has 1 aliphatic carbocycles. The van der Waals surface area contributed by atoms with Crippen LogP contribution < -0.4 is 0 Å². The number of fused-ring (bicyclic) bond motifs is 1. The fourth-order valence-electron chi connectivity index (χ4n) is 3.64. The van der Waals surface area contributed by atoms with E-state index in [1.165, 1.54) is 6.42 Å². The van der Waals surface area contributed by atoms with Crippen molar-refractivity contribution in [3.63, 3.8) is 0 Å². The van der Waals surface area contributed by atoms with Crippen LogP contribution in [-0.2, 0) is 18.9 Å². The van der Waals surface area contributed by atoms with Gasteiger partial charge in [-0.3, -0.25) is 0 Å². The highest BCUT2D eigenvalue weighted by molar-refractivity contribution is 5.89. The highest BCUT2D eigenvalue weighted by atomic mass is 16.7. The minimum atomic E-state index is -0.536. The molecular formula is C19H22O5. The van der Waals surface area contributed by atoms with Gasteiger partial charge in [-0.05, 0) is 31.1 Å². The van der Waals surface area contributed by atoms with Crippen LogP contribution in [0.25, 0.3) is 0 Å². The Labute approximate surface area is 141 Å². The zero-order valence-corrected chi connectivity index (χ0v) is 13.6. The van der Waals surface area contributed by atoms with Gasteiger partial charge in [0, 0.05) is 12.8 Å². The van der Waals surface area contributed by atoms with Gasteiger partial charge in [0.25, 0.3) is 0 Å². The molecule has 5 heteroatoms. The molecule has 0 aromatic heterocycles. The van der Waals surface area contributed by atoms with E-state index in [4.69, 9.17) is 18.9 Å². The van der Waals surface area contributed by atoms with Crippen molar-refractivity contribution in [3.05, 3.63) is 48.2 Å². The van der Waals surface area contributed by atoms with Crippen molar-refractivity contribution in [2.45, 2.75) is 56.2 Å². The molecule has 5 nitrogen and oxygen atoms in total. The number of carbonyl (C=O) groups excluding carboxylic acids is 1. The Balaban J connectivity index is 1.49. The summed E-state index contributed by atoms with van der Waals surface area (Å²) in [7, 11) is 0. The molecule has 1 saturated carbocycles. The summed E-state index contributed by atoms with van der Waals surface area (Å²) in [4.78, 5) is 12.4. The van der Waals surface area contributed by atoms with Crippen molar-refractivity contribution in [3.8, 4) is 0 Å². The molecule has 1 aromatic rings. The number of esters is 1. The molecule has 2 heterocycles. The van der Waals surface area contributed by atoms with E-state index in [0.717, 1.165) is 25.7 Å². The van der Waals surface area contributed by atoms with Crippen LogP contribution in [0, 0.1) is 0 Å². The Morgan fingerprint density at radius 1 is 1.12 bits per heavy atom. The Bertz CT molecular complexity index is 605. The summed E-state index contributed by atoms with van der Waals surface area (Å²) in [6.45, 7) is 0.467. The van der Waals surface area contributed by atoms with Crippen LogP contribution in [0.5, 0.6) is 0 Å². The minimum Gasteiger partial charge on any atom is -0.493 e. The molecule has 0 N–H and O–H groups in total. The number of ether oxygens (including phenoxy) is 4. The van der Waals surface area contributed by atoms with E-state index in [9.17, 15) is 4.79 Å². The Kier molecular flexibility index (Phi) is 4.29. The van der Waals surface area contributed by atoms with Crippen LogP contribution in [0.4, 0.5) is 0 Å². The molecule has 128 valence electrons. The first-order valence-corrected chi connectivity index (χ1v) is 8.66. The zero-order chi connectivity index (χ0) is 16.4. The van der Waals surface area contributed by atoms with Gasteiger partial charge >= 0.3 is 5.97 Å². The molecule has 24 heavy (non-hydrogen) atoms. The third kappa shape index (κ3) is 3.06. The minimum absolute atomic E-state index is 0.240. The maximum atomic E-state index is 12.4. The first-order chi connectivity index (χ1) is 11.8. The van der Waals surface area contributed by atoms with E-state index in [1.54, 1.807) is 24.5 Å². The predicted octanol–water partition coefficient (Wildman–Crippen LogP) is 3.20. The summed E-state index contributed by atoms with van der Waals surface area (Å²) in [5, 5.41) is 0. The van der Waals surface area contributed by atoms with Gasteiger partial charge < -0.3 is 18.9 Å². The third-order valence-electron chi connectivity index (χ3n) is 4.94. The van der Waals surface area contributed by atoms with Crippen molar-refractivity contribution < 1.29 is 23.7 Å². The van der Waals surface area contributed by atoms with Crippen LogP contribution in [0.15, 0.2) is 42.7 Å². The van der Waals surface area contributed by atoms with E-state index in [2.05, 4.69) is 0 Å². The molecule has 0 amide bonds. The molecular weight excluding hydrogens is 308 g/mol. The monoisotopic (exact) mass is 330 g/mol. The molecule has 1 aromatic carbocycles. The average molecular weight is 330 g/mol. The first kappa shape index (κ1) is 15.7. The molecule has 2 aliphatic heterocycles. The van der Waals surface area contributed by atoms with E-state index in [-0.39, 0.29) is 18.2 Å². The third-order valence-corrected chi connectivity index (χ3v) is 4.94. The summed E-state index contributed by atoms with van der Waals surface area (Å²) in [5.74, 6) is -0.885. The van der Waals surface area contributed by atoms with Crippen LogP contribution in [-0.4, -0.2) is 36.7 Å². The van der Waals surface area contributed by atoms with Gasteiger partial charge in [-0.2, -0.15) is 0 Å². The van der Waals surface area contributed by atoms with Gasteiger partial charge in [-0.25, -0.2) is 4.79 Å². The molecule has 3 aliphatic rings. The SMILES string of the molecule is O=C(O[C@@H]1C=CO[C@@H]2COC3(CCCCC3)O[C@@H]12)c1ccccc1. The Morgan fingerprint density at radius 2 is 1.92 bits per heavy atom. The fourth-order valence-corrected chi connectivity index (χ4v) is 3.64. The average Bonchev–Trinajstić information content (AvgIpc) is 2.64. The van der Waals surface area contributed by atoms with Gasteiger partial charge in [-0.1, -0.05) is 24.6 Å². The van der Waals surface area contributed by atoms with E-state index >= 15 is 0 Å². The lowest BCUT2D eigenvalue weighted by molar-refractivity contribution is -0.343. The number of carbonyl (C=O) groups is 1. The lowest BCUT2D eigenvalue weighted by Crippen LogP contribution is -2.58. The lowest BCUT2D eigenvalue weighted by atomic mass is 9.91. The summed E-state index contributed by atoms with van der Waals surface area (Å²) in [5.41, 5.74) is 0.536. The van der Waals surface area contributed by atoms with Crippen molar-refractivity contribution in [1.29, 1.82) is 0 Å². The molecule has 1 saturated heterocycles. The quantitative estimate of drug-likeness (QED) is 0.780. The second kappa shape index (κ2) is 6.57. The number of rotatable bonds is 2. The predicted molar refractivity (Wildman–Crippen MR) is 86.3 cm³/mol. The van der Waals surface area contributed by atoms with Crippen molar-refractivity contribution >= 4 is 5.97 Å². The summed E-state index contributed by atoms with van der Waals surface area (Å²) in [6.07, 6.45) is 7.50.